The third-order valence-electron chi connectivity index (χ3n) is 2.63. The summed E-state index contributed by atoms with van der Waals surface area (Å²) in [7, 11) is -1.54. The van der Waals surface area contributed by atoms with Crippen LogP contribution in [0.15, 0.2) is 0 Å². The highest BCUT2D eigenvalue weighted by Crippen LogP contribution is 2.29. The molecule has 0 aromatic carbocycles. The Hall–Kier alpha value is -0.313. The quantitative estimate of drug-likeness (QED) is 0.597. The van der Waals surface area contributed by atoms with Gasteiger partial charge in [-0.15, -0.1) is 0 Å². The molecule has 1 saturated heterocycles. The molecule has 1 heterocycles. The van der Waals surface area contributed by atoms with E-state index in [0.29, 0.717) is 6.42 Å². The summed E-state index contributed by atoms with van der Waals surface area (Å²) in [6.45, 7) is 4.29. The minimum atomic E-state index is -1.54. The van der Waals surface area contributed by atoms with Crippen molar-refractivity contribution in [3.05, 3.63) is 0 Å². The second-order valence-corrected chi connectivity index (χ2v) is 7.70. The standard InChI is InChI=1S/C8H16O2Si/c1-3-11(4-2)7-5-6-8(9)10-11/h3-7H2,1-2H3. The molecule has 0 spiro atoms. The van der Waals surface area contributed by atoms with Gasteiger partial charge in [0.15, 0.2) is 0 Å². The predicted molar refractivity (Wildman–Crippen MR) is 46.8 cm³/mol. The van der Waals surface area contributed by atoms with Crippen molar-refractivity contribution in [3.63, 3.8) is 0 Å². The Morgan fingerprint density at radius 3 is 2.45 bits per heavy atom. The highest BCUT2D eigenvalue weighted by Gasteiger charge is 2.37. The summed E-state index contributed by atoms with van der Waals surface area (Å²) in [6, 6.07) is 3.37. The van der Waals surface area contributed by atoms with Gasteiger partial charge in [0.1, 0.15) is 0 Å². The van der Waals surface area contributed by atoms with E-state index in [0.717, 1.165) is 18.5 Å². The lowest BCUT2D eigenvalue weighted by Crippen LogP contribution is -2.41. The van der Waals surface area contributed by atoms with E-state index in [1.54, 1.807) is 0 Å². The van der Waals surface area contributed by atoms with Crippen molar-refractivity contribution in [1.29, 1.82) is 0 Å². The molecule has 0 radical (unpaired) electrons. The summed E-state index contributed by atoms with van der Waals surface area (Å²) < 4.78 is 5.47. The third kappa shape index (κ3) is 1.83. The number of carbonyl (C=O) groups excluding carboxylic acids is 1. The van der Waals surface area contributed by atoms with E-state index in [4.69, 9.17) is 4.43 Å². The molecule has 3 heteroatoms. The SMILES string of the molecule is CC[Si]1(CC)CCCC(=O)O1. The van der Waals surface area contributed by atoms with Crippen molar-refractivity contribution >= 4 is 14.3 Å². The predicted octanol–water partition coefficient (Wildman–Crippen LogP) is 2.31. The first-order chi connectivity index (χ1) is 5.22. The zero-order chi connectivity index (χ0) is 8.32. The van der Waals surface area contributed by atoms with Crippen LogP contribution < -0.4 is 0 Å². The Morgan fingerprint density at radius 2 is 2.09 bits per heavy atom. The average molecular weight is 172 g/mol. The smallest absolute Gasteiger partial charge is 0.292 e. The van der Waals surface area contributed by atoms with E-state index in [-0.39, 0.29) is 5.97 Å². The fraction of sp³-hybridized carbons (Fsp3) is 0.875. The first-order valence-corrected chi connectivity index (χ1v) is 6.97. The molecule has 2 nitrogen and oxygen atoms in total. The first kappa shape index (κ1) is 8.78. The highest BCUT2D eigenvalue weighted by molar-refractivity contribution is 6.75. The fourth-order valence-corrected chi connectivity index (χ4v) is 4.65. The minimum absolute atomic E-state index is 0.0478. The lowest BCUT2D eigenvalue weighted by molar-refractivity contribution is -0.136. The van der Waals surface area contributed by atoms with Crippen molar-refractivity contribution < 1.29 is 9.22 Å². The highest BCUT2D eigenvalue weighted by atomic mass is 28.4. The molecule has 0 aliphatic carbocycles. The number of rotatable bonds is 2. The van der Waals surface area contributed by atoms with E-state index >= 15 is 0 Å². The second-order valence-electron chi connectivity index (χ2n) is 3.22. The van der Waals surface area contributed by atoms with Crippen LogP contribution in [0.2, 0.25) is 18.1 Å². The molecule has 11 heavy (non-hydrogen) atoms. The monoisotopic (exact) mass is 172 g/mol. The van der Waals surface area contributed by atoms with Gasteiger partial charge in [-0.25, -0.2) is 0 Å². The molecule has 0 N–H and O–H groups in total. The van der Waals surface area contributed by atoms with Crippen LogP contribution in [0.4, 0.5) is 0 Å². The first-order valence-electron chi connectivity index (χ1n) is 4.44. The number of hydrogen-bond donors (Lipinski definition) is 0. The van der Waals surface area contributed by atoms with Gasteiger partial charge in [-0.05, 0) is 24.6 Å². The second kappa shape index (κ2) is 3.39. The van der Waals surface area contributed by atoms with E-state index in [2.05, 4.69) is 13.8 Å². The summed E-state index contributed by atoms with van der Waals surface area (Å²) in [4.78, 5) is 11.0. The lowest BCUT2D eigenvalue weighted by atomic mass is 10.3. The normalized spacial score (nSPS) is 22.9. The molecule has 1 aliphatic heterocycles. The van der Waals surface area contributed by atoms with Crippen molar-refractivity contribution in [2.45, 2.75) is 44.8 Å². The Labute approximate surface area is 69.1 Å². The molecule has 0 saturated carbocycles. The van der Waals surface area contributed by atoms with Crippen LogP contribution in [-0.4, -0.2) is 14.3 Å². The molecule has 64 valence electrons. The van der Waals surface area contributed by atoms with Gasteiger partial charge in [-0.1, -0.05) is 13.8 Å². The molecule has 0 unspecified atom stereocenters. The van der Waals surface area contributed by atoms with Crippen LogP contribution in [0.5, 0.6) is 0 Å². The maximum Gasteiger partial charge on any atom is 0.292 e. The Kier molecular flexibility index (Phi) is 2.71. The summed E-state index contributed by atoms with van der Waals surface area (Å²) in [5.41, 5.74) is 0. The Bertz CT molecular complexity index is 152. The van der Waals surface area contributed by atoms with Gasteiger partial charge in [0.25, 0.3) is 14.3 Å². The van der Waals surface area contributed by atoms with Gasteiger partial charge in [-0.3, -0.25) is 4.79 Å². The van der Waals surface area contributed by atoms with E-state index in [1.165, 1.54) is 6.04 Å². The minimum Gasteiger partial charge on any atom is -0.519 e. The van der Waals surface area contributed by atoms with Crippen LogP contribution in [0.25, 0.3) is 0 Å². The molecule has 1 aliphatic rings. The van der Waals surface area contributed by atoms with E-state index < -0.39 is 8.32 Å². The van der Waals surface area contributed by atoms with Crippen molar-refractivity contribution in [1.82, 2.24) is 0 Å². The fourth-order valence-electron chi connectivity index (χ4n) is 1.65. The van der Waals surface area contributed by atoms with Crippen LogP contribution in [0.3, 0.4) is 0 Å². The molecule has 0 atom stereocenters. The van der Waals surface area contributed by atoms with Crippen LogP contribution in [0, 0.1) is 0 Å². The molecule has 0 bridgehead atoms. The third-order valence-corrected chi connectivity index (χ3v) is 7.14. The van der Waals surface area contributed by atoms with Gasteiger partial charge in [0, 0.05) is 6.42 Å². The van der Waals surface area contributed by atoms with Crippen LogP contribution in [0.1, 0.15) is 26.7 Å². The Morgan fingerprint density at radius 1 is 1.45 bits per heavy atom. The Balaban J connectivity index is 2.59. The zero-order valence-corrected chi connectivity index (χ0v) is 8.35. The van der Waals surface area contributed by atoms with Crippen LogP contribution in [-0.2, 0) is 9.22 Å². The molecule has 0 amide bonds. The topological polar surface area (TPSA) is 26.3 Å². The summed E-state index contributed by atoms with van der Waals surface area (Å²) in [5.74, 6) is 0.0478. The maximum absolute atomic E-state index is 11.0. The van der Waals surface area contributed by atoms with Crippen molar-refractivity contribution in [2.24, 2.45) is 0 Å². The van der Waals surface area contributed by atoms with E-state index in [9.17, 15) is 4.79 Å². The summed E-state index contributed by atoms with van der Waals surface area (Å²) >= 11 is 0. The molecule has 1 fully saturated rings. The molecule has 0 aromatic heterocycles. The average Bonchev–Trinajstić information content (AvgIpc) is 2.04. The van der Waals surface area contributed by atoms with Gasteiger partial charge in [0.2, 0.25) is 0 Å². The van der Waals surface area contributed by atoms with Crippen molar-refractivity contribution in [3.8, 4) is 0 Å². The van der Waals surface area contributed by atoms with E-state index in [1.807, 2.05) is 0 Å². The number of carbonyl (C=O) groups is 1. The molecule has 0 aromatic rings. The summed E-state index contributed by atoms with van der Waals surface area (Å²) in [6.07, 6.45) is 1.71. The van der Waals surface area contributed by atoms with Crippen LogP contribution >= 0.6 is 0 Å². The lowest BCUT2D eigenvalue weighted by Gasteiger charge is -2.32. The van der Waals surface area contributed by atoms with Gasteiger partial charge < -0.3 is 4.43 Å². The molecular formula is C8H16O2Si. The maximum atomic E-state index is 11.0. The van der Waals surface area contributed by atoms with Crippen molar-refractivity contribution in [2.75, 3.05) is 0 Å². The summed E-state index contributed by atoms with van der Waals surface area (Å²) in [5, 5.41) is 0. The zero-order valence-electron chi connectivity index (χ0n) is 7.35. The van der Waals surface area contributed by atoms with Gasteiger partial charge >= 0.3 is 0 Å². The largest absolute Gasteiger partial charge is 0.519 e. The van der Waals surface area contributed by atoms with Gasteiger partial charge in [-0.2, -0.15) is 0 Å². The van der Waals surface area contributed by atoms with Gasteiger partial charge in [0.05, 0.1) is 0 Å². The molecule has 1 rings (SSSR count). The number of hydrogen-bond acceptors (Lipinski definition) is 2. The molecular weight excluding hydrogens is 156 g/mol.